The van der Waals surface area contributed by atoms with Crippen molar-refractivity contribution in [1.29, 1.82) is 0 Å². The normalized spacial score (nSPS) is 19.6. The summed E-state index contributed by atoms with van der Waals surface area (Å²) in [6, 6.07) is 9.64. The minimum absolute atomic E-state index is 0.0821. The maximum absolute atomic E-state index is 13.5. The number of likely N-dealkylation sites (tertiary alicyclic amines) is 1. The monoisotopic (exact) mass is 519 g/mol. The Labute approximate surface area is 217 Å². The van der Waals surface area contributed by atoms with E-state index in [1.54, 1.807) is 42.3 Å². The summed E-state index contributed by atoms with van der Waals surface area (Å²) in [6.45, 7) is 2.62. The SMILES string of the molecule is CN1C(=O)[C@@H](NC(=O)n2cc(Cc3cccc(F)c3)cn2)COc2ccc(C(=O)N3CC4(COC4)C3)cc21. The highest BCUT2D eigenvalue weighted by atomic mass is 19.1. The van der Waals surface area contributed by atoms with Gasteiger partial charge in [0.1, 0.15) is 24.2 Å². The molecule has 4 heterocycles. The van der Waals surface area contributed by atoms with Gasteiger partial charge in [-0.05, 0) is 41.5 Å². The Bertz CT molecular complexity index is 1430. The number of rotatable bonds is 4. The third-order valence-electron chi connectivity index (χ3n) is 7.20. The van der Waals surface area contributed by atoms with Gasteiger partial charge in [0, 0.05) is 38.3 Å². The molecule has 1 spiro atoms. The highest BCUT2D eigenvalue weighted by Crippen LogP contribution is 2.39. The number of anilines is 1. The standard InChI is InChI=1S/C27H26FN5O5/c1-31-22-9-19(24(34)32-13-27(14-32)15-37-16-27)5-6-23(22)38-12-21(25(31)35)30-26(36)33-11-18(10-29-33)7-17-3-2-4-20(28)8-17/h2-6,8-11,21H,7,12-16H2,1H3,(H,30,36)/t21-/m0/s1. The lowest BCUT2D eigenvalue weighted by Gasteiger charge is -2.54. The number of ether oxygens (including phenoxy) is 2. The molecule has 10 nitrogen and oxygen atoms in total. The van der Waals surface area contributed by atoms with Crippen LogP contribution in [0.4, 0.5) is 14.9 Å². The quantitative estimate of drug-likeness (QED) is 0.566. The van der Waals surface area contributed by atoms with Crippen LogP contribution in [0.1, 0.15) is 21.5 Å². The van der Waals surface area contributed by atoms with Gasteiger partial charge in [0.2, 0.25) is 0 Å². The molecule has 0 saturated carbocycles. The zero-order valence-corrected chi connectivity index (χ0v) is 20.7. The second-order valence-corrected chi connectivity index (χ2v) is 10.1. The third-order valence-corrected chi connectivity index (χ3v) is 7.20. The molecule has 11 heteroatoms. The van der Waals surface area contributed by atoms with Crippen LogP contribution in [0.15, 0.2) is 54.9 Å². The molecule has 6 rings (SSSR count). The summed E-state index contributed by atoms with van der Waals surface area (Å²) < 4.78 is 25.7. The summed E-state index contributed by atoms with van der Waals surface area (Å²) >= 11 is 0. The summed E-state index contributed by atoms with van der Waals surface area (Å²) in [7, 11) is 1.58. The second kappa shape index (κ2) is 9.25. The fourth-order valence-electron chi connectivity index (χ4n) is 5.06. The molecular formula is C27H26FN5O5. The van der Waals surface area contributed by atoms with Crippen LogP contribution < -0.4 is 15.0 Å². The van der Waals surface area contributed by atoms with E-state index in [0.717, 1.165) is 10.2 Å². The van der Waals surface area contributed by atoms with Gasteiger partial charge in [0.25, 0.3) is 11.8 Å². The predicted molar refractivity (Wildman–Crippen MR) is 134 cm³/mol. The Hall–Kier alpha value is -4.25. The Morgan fingerprint density at radius 1 is 1.16 bits per heavy atom. The molecule has 1 atom stereocenters. The highest BCUT2D eigenvalue weighted by Gasteiger charge is 2.50. The summed E-state index contributed by atoms with van der Waals surface area (Å²) in [5.41, 5.74) is 2.49. The van der Waals surface area contributed by atoms with E-state index in [1.165, 1.54) is 29.4 Å². The summed E-state index contributed by atoms with van der Waals surface area (Å²) in [4.78, 5) is 42.2. The number of nitrogens with zero attached hydrogens (tertiary/aromatic N) is 4. The van der Waals surface area contributed by atoms with Crippen LogP contribution in [0.5, 0.6) is 5.75 Å². The molecule has 0 bridgehead atoms. The van der Waals surface area contributed by atoms with Crippen molar-refractivity contribution in [2.45, 2.75) is 12.5 Å². The van der Waals surface area contributed by atoms with Crippen molar-refractivity contribution in [3.05, 3.63) is 77.4 Å². The maximum Gasteiger partial charge on any atom is 0.342 e. The number of benzene rings is 2. The number of carbonyl (C=O) groups is 3. The molecule has 196 valence electrons. The molecule has 2 saturated heterocycles. The summed E-state index contributed by atoms with van der Waals surface area (Å²) in [5.74, 6) is -0.381. The van der Waals surface area contributed by atoms with Gasteiger partial charge in [-0.2, -0.15) is 9.78 Å². The van der Waals surface area contributed by atoms with Crippen LogP contribution in [-0.2, 0) is 16.0 Å². The van der Waals surface area contributed by atoms with E-state index < -0.39 is 12.1 Å². The van der Waals surface area contributed by atoms with Gasteiger partial charge in [-0.3, -0.25) is 9.59 Å². The van der Waals surface area contributed by atoms with Gasteiger partial charge in [-0.25, -0.2) is 9.18 Å². The number of hydrogen-bond donors (Lipinski definition) is 1. The van der Waals surface area contributed by atoms with E-state index in [4.69, 9.17) is 9.47 Å². The average molecular weight is 520 g/mol. The second-order valence-electron chi connectivity index (χ2n) is 10.1. The van der Waals surface area contributed by atoms with Gasteiger partial charge >= 0.3 is 6.03 Å². The maximum atomic E-state index is 13.5. The van der Waals surface area contributed by atoms with Crippen LogP contribution in [-0.4, -0.2) is 78.5 Å². The number of likely N-dealkylation sites (N-methyl/N-ethyl adjacent to an activating group) is 1. The van der Waals surface area contributed by atoms with Gasteiger partial charge in [0.05, 0.1) is 30.5 Å². The molecule has 0 aliphatic carbocycles. The van der Waals surface area contributed by atoms with Crippen molar-refractivity contribution < 1.29 is 28.2 Å². The molecule has 38 heavy (non-hydrogen) atoms. The number of halogens is 1. The molecular weight excluding hydrogens is 493 g/mol. The number of fused-ring (bicyclic) bond motifs is 1. The molecule has 1 aromatic heterocycles. The van der Waals surface area contributed by atoms with Crippen LogP contribution in [0.3, 0.4) is 0 Å². The summed E-state index contributed by atoms with van der Waals surface area (Å²) in [6.07, 6.45) is 3.46. The highest BCUT2D eigenvalue weighted by molar-refractivity contribution is 6.03. The first kappa shape index (κ1) is 24.1. The molecule has 3 aliphatic heterocycles. The Balaban J connectivity index is 1.11. The number of amides is 3. The average Bonchev–Trinajstić information content (AvgIpc) is 3.28. The Morgan fingerprint density at radius 3 is 2.71 bits per heavy atom. The van der Waals surface area contributed by atoms with E-state index in [9.17, 15) is 18.8 Å². The first-order chi connectivity index (χ1) is 18.3. The van der Waals surface area contributed by atoms with Crippen molar-refractivity contribution in [3.8, 4) is 5.75 Å². The molecule has 0 unspecified atom stereocenters. The number of aromatic nitrogens is 2. The minimum Gasteiger partial charge on any atom is -0.489 e. The van der Waals surface area contributed by atoms with Gasteiger partial charge in [-0.15, -0.1) is 0 Å². The lowest BCUT2D eigenvalue weighted by molar-refractivity contribution is -0.176. The molecule has 2 aromatic carbocycles. The van der Waals surface area contributed by atoms with Gasteiger partial charge in [-0.1, -0.05) is 12.1 Å². The fourth-order valence-corrected chi connectivity index (χ4v) is 5.06. The Morgan fingerprint density at radius 2 is 1.97 bits per heavy atom. The van der Waals surface area contributed by atoms with Crippen molar-refractivity contribution >= 4 is 23.5 Å². The molecule has 0 radical (unpaired) electrons. The van der Waals surface area contributed by atoms with Crippen LogP contribution in [0.2, 0.25) is 0 Å². The number of nitrogens with one attached hydrogen (secondary N) is 1. The minimum atomic E-state index is -0.969. The Kier molecular flexibility index (Phi) is 5.87. The smallest absolute Gasteiger partial charge is 0.342 e. The molecule has 1 N–H and O–H groups in total. The van der Waals surface area contributed by atoms with E-state index >= 15 is 0 Å². The molecule has 3 aromatic rings. The van der Waals surface area contributed by atoms with Crippen molar-refractivity contribution in [3.63, 3.8) is 0 Å². The van der Waals surface area contributed by atoms with Gasteiger partial charge in [0.15, 0.2) is 0 Å². The number of hydrogen-bond acceptors (Lipinski definition) is 6. The first-order valence-corrected chi connectivity index (χ1v) is 12.3. The van der Waals surface area contributed by atoms with Crippen molar-refractivity contribution in [2.24, 2.45) is 5.41 Å². The van der Waals surface area contributed by atoms with Crippen LogP contribution >= 0.6 is 0 Å². The number of carbonyl (C=O) groups excluding carboxylic acids is 3. The molecule has 2 fully saturated rings. The van der Waals surface area contributed by atoms with Crippen LogP contribution in [0.25, 0.3) is 0 Å². The van der Waals surface area contributed by atoms with Crippen molar-refractivity contribution in [1.82, 2.24) is 20.0 Å². The topological polar surface area (TPSA) is 106 Å². The van der Waals surface area contributed by atoms with Gasteiger partial charge < -0.3 is 24.6 Å². The largest absolute Gasteiger partial charge is 0.489 e. The van der Waals surface area contributed by atoms with E-state index in [2.05, 4.69) is 10.4 Å². The molecule has 3 amide bonds. The van der Waals surface area contributed by atoms with Crippen LogP contribution in [0, 0.1) is 11.2 Å². The zero-order valence-electron chi connectivity index (χ0n) is 20.7. The first-order valence-electron chi connectivity index (χ1n) is 12.3. The predicted octanol–water partition coefficient (Wildman–Crippen LogP) is 2.07. The molecule has 3 aliphatic rings. The van der Waals surface area contributed by atoms with Crippen molar-refractivity contribution in [2.75, 3.05) is 44.9 Å². The van der Waals surface area contributed by atoms with E-state index in [0.29, 0.717) is 55.3 Å². The summed E-state index contributed by atoms with van der Waals surface area (Å²) in [5, 5.41) is 6.75. The third kappa shape index (κ3) is 4.38. The zero-order chi connectivity index (χ0) is 26.4. The van der Waals surface area contributed by atoms with E-state index in [1.807, 2.05) is 0 Å². The fraction of sp³-hybridized carbons (Fsp3) is 0.333. The lowest BCUT2D eigenvalue weighted by Crippen LogP contribution is -2.67. The lowest BCUT2D eigenvalue weighted by atomic mass is 9.78. The van der Waals surface area contributed by atoms with E-state index in [-0.39, 0.29) is 29.7 Å².